The molecule has 0 aliphatic carbocycles. The molecule has 1 aromatic heterocycles. The van der Waals surface area contributed by atoms with Crippen molar-refractivity contribution in [2.75, 3.05) is 20.3 Å². The van der Waals surface area contributed by atoms with Crippen molar-refractivity contribution in [1.29, 1.82) is 0 Å². The lowest BCUT2D eigenvalue weighted by molar-refractivity contribution is -0.192. The Morgan fingerprint density at radius 2 is 1.75 bits per heavy atom. The maximum Gasteiger partial charge on any atom is 0.490 e. The number of esters is 2. The zero-order valence-electron chi connectivity index (χ0n) is 16.8. The number of hydrogen-bond acceptors (Lipinski definition) is 8. The molecule has 2 rings (SSSR count). The van der Waals surface area contributed by atoms with Gasteiger partial charge in [0.25, 0.3) is 0 Å². The average Bonchev–Trinajstić information content (AvgIpc) is 3.08. The molecule has 0 fully saturated rings. The summed E-state index contributed by atoms with van der Waals surface area (Å²) in [5.74, 6) is -3.53. The number of rotatable bonds is 7. The number of methoxy groups -OCH3 is 1. The average molecular weight is 542 g/mol. The lowest BCUT2D eigenvalue weighted by atomic mass is 10.1. The summed E-state index contributed by atoms with van der Waals surface area (Å²) in [6.07, 6.45) is -5.08. The third-order valence-corrected chi connectivity index (χ3v) is 5.73. The number of halogens is 4. The Hall–Kier alpha value is -2.64. The highest BCUT2D eigenvalue weighted by atomic mass is 79.9. The van der Waals surface area contributed by atoms with Gasteiger partial charge in [0.15, 0.2) is 17.2 Å². The Morgan fingerprint density at radius 3 is 2.19 bits per heavy atom. The number of carboxylic acid groups (broad SMARTS) is 1. The van der Waals surface area contributed by atoms with E-state index in [1.807, 2.05) is 24.3 Å². The van der Waals surface area contributed by atoms with Crippen LogP contribution in [0.5, 0.6) is 5.75 Å². The molecule has 1 heterocycles. The molecule has 0 saturated heterocycles. The predicted octanol–water partition coefficient (Wildman–Crippen LogP) is 4.00. The molecule has 0 bridgehead atoms. The third kappa shape index (κ3) is 7.80. The van der Waals surface area contributed by atoms with Crippen molar-refractivity contribution in [2.45, 2.75) is 19.6 Å². The fraction of sp³-hybridized carbons (Fsp3) is 0.316. The molecule has 3 N–H and O–H groups in total. The third-order valence-electron chi connectivity index (χ3n) is 3.51. The number of carbonyl (C=O) groups is 3. The smallest absolute Gasteiger partial charge is 0.479 e. The largest absolute Gasteiger partial charge is 0.490 e. The van der Waals surface area contributed by atoms with Gasteiger partial charge in [-0.3, -0.25) is 0 Å². The second kappa shape index (κ2) is 12.4. The van der Waals surface area contributed by atoms with Crippen molar-refractivity contribution >= 4 is 45.2 Å². The summed E-state index contributed by atoms with van der Waals surface area (Å²) in [5.41, 5.74) is 7.51. The number of ether oxygens (including phenoxy) is 3. The molecular weight excluding hydrogens is 523 g/mol. The van der Waals surface area contributed by atoms with E-state index in [-0.39, 0.29) is 23.8 Å². The van der Waals surface area contributed by atoms with E-state index in [1.54, 1.807) is 6.92 Å². The van der Waals surface area contributed by atoms with Crippen LogP contribution >= 0.6 is 27.3 Å². The number of hydrogen-bond donors (Lipinski definition) is 2. The molecule has 0 amide bonds. The number of alkyl halides is 3. The van der Waals surface area contributed by atoms with Crippen molar-refractivity contribution in [3.05, 3.63) is 39.2 Å². The minimum Gasteiger partial charge on any atom is -0.479 e. The van der Waals surface area contributed by atoms with E-state index >= 15 is 0 Å². The van der Waals surface area contributed by atoms with Crippen LogP contribution in [0.4, 0.5) is 13.2 Å². The lowest BCUT2D eigenvalue weighted by Crippen LogP contribution is -2.21. The topological polar surface area (TPSA) is 125 Å². The molecule has 0 atom stereocenters. The van der Waals surface area contributed by atoms with E-state index in [0.29, 0.717) is 11.0 Å². The monoisotopic (exact) mass is 541 g/mol. The Labute approximate surface area is 193 Å². The highest BCUT2D eigenvalue weighted by Crippen LogP contribution is 2.45. The van der Waals surface area contributed by atoms with Gasteiger partial charge in [-0.05, 0) is 34.0 Å². The Morgan fingerprint density at radius 1 is 1.19 bits per heavy atom. The van der Waals surface area contributed by atoms with Crippen LogP contribution in [0.15, 0.2) is 28.7 Å². The number of thiophene rings is 1. The van der Waals surface area contributed by atoms with Crippen molar-refractivity contribution in [3.63, 3.8) is 0 Å². The summed E-state index contributed by atoms with van der Waals surface area (Å²) >= 11 is 4.68. The Kier molecular flexibility index (Phi) is 10.6. The first-order chi connectivity index (χ1) is 15.0. The first kappa shape index (κ1) is 27.4. The second-order valence-electron chi connectivity index (χ2n) is 5.69. The lowest BCUT2D eigenvalue weighted by Gasteiger charge is -2.07. The first-order valence-corrected chi connectivity index (χ1v) is 10.4. The summed E-state index contributed by atoms with van der Waals surface area (Å²) in [6.45, 7) is 2.13. The van der Waals surface area contributed by atoms with Gasteiger partial charge in [0, 0.05) is 6.54 Å². The molecule has 176 valence electrons. The van der Waals surface area contributed by atoms with Gasteiger partial charge in [0.05, 0.1) is 23.1 Å². The maximum atomic E-state index is 12.1. The summed E-state index contributed by atoms with van der Waals surface area (Å²) in [6, 6.07) is 7.65. The van der Waals surface area contributed by atoms with E-state index in [4.69, 9.17) is 29.8 Å². The van der Waals surface area contributed by atoms with E-state index in [2.05, 4.69) is 15.9 Å². The minimum absolute atomic E-state index is 0.260. The quantitative estimate of drug-likeness (QED) is 0.504. The predicted molar refractivity (Wildman–Crippen MR) is 113 cm³/mol. The van der Waals surface area contributed by atoms with Crippen LogP contribution in [0.2, 0.25) is 0 Å². The van der Waals surface area contributed by atoms with Crippen LogP contribution in [0.1, 0.15) is 22.2 Å². The summed E-state index contributed by atoms with van der Waals surface area (Å²) in [4.78, 5) is 33.6. The second-order valence-corrected chi connectivity index (χ2v) is 7.51. The molecule has 32 heavy (non-hydrogen) atoms. The SMILES string of the molecule is CCOC(=O)COc1c(C(=O)OC)sc(-c2ccc(CN)cc2)c1Br.O=C(O)C(F)(F)F. The molecule has 0 spiro atoms. The van der Waals surface area contributed by atoms with E-state index in [0.717, 1.165) is 16.0 Å². The zero-order valence-corrected chi connectivity index (χ0v) is 19.2. The molecule has 0 aliphatic rings. The van der Waals surface area contributed by atoms with Crippen LogP contribution in [0.3, 0.4) is 0 Å². The van der Waals surface area contributed by atoms with E-state index in [1.165, 1.54) is 18.4 Å². The normalized spacial score (nSPS) is 10.6. The number of nitrogens with two attached hydrogens (primary N) is 1. The summed E-state index contributed by atoms with van der Waals surface area (Å²) in [5, 5.41) is 7.12. The maximum absolute atomic E-state index is 12.1. The summed E-state index contributed by atoms with van der Waals surface area (Å²) < 4.78 is 47.5. The molecule has 1 aromatic carbocycles. The fourth-order valence-corrected chi connectivity index (χ4v) is 4.04. The van der Waals surface area contributed by atoms with Crippen molar-refractivity contribution in [1.82, 2.24) is 0 Å². The van der Waals surface area contributed by atoms with Gasteiger partial charge in [-0.25, -0.2) is 14.4 Å². The molecule has 2 aromatic rings. The van der Waals surface area contributed by atoms with Crippen LogP contribution in [0.25, 0.3) is 10.4 Å². The molecule has 0 radical (unpaired) electrons. The number of carbonyl (C=O) groups excluding carboxylic acids is 2. The van der Waals surface area contributed by atoms with Gasteiger partial charge in [-0.2, -0.15) is 13.2 Å². The van der Waals surface area contributed by atoms with Crippen molar-refractivity contribution in [2.24, 2.45) is 5.73 Å². The Balaban J connectivity index is 0.000000633. The molecule has 8 nitrogen and oxygen atoms in total. The highest BCUT2D eigenvalue weighted by Gasteiger charge is 2.38. The molecule has 0 aliphatic heterocycles. The van der Waals surface area contributed by atoms with Crippen LogP contribution in [-0.4, -0.2) is 49.5 Å². The van der Waals surface area contributed by atoms with Gasteiger partial charge in [-0.1, -0.05) is 24.3 Å². The number of carboxylic acids is 1. The molecular formula is C19H19BrF3NO7S. The molecule has 0 saturated carbocycles. The summed E-state index contributed by atoms with van der Waals surface area (Å²) in [7, 11) is 1.29. The van der Waals surface area contributed by atoms with Crippen molar-refractivity contribution in [3.8, 4) is 16.2 Å². The van der Waals surface area contributed by atoms with Gasteiger partial charge in [0.2, 0.25) is 0 Å². The van der Waals surface area contributed by atoms with Gasteiger partial charge < -0.3 is 25.1 Å². The highest BCUT2D eigenvalue weighted by molar-refractivity contribution is 9.10. The van der Waals surface area contributed by atoms with E-state index in [9.17, 15) is 22.8 Å². The fourth-order valence-electron chi connectivity index (χ4n) is 2.06. The Bertz CT molecular complexity index is 946. The van der Waals surface area contributed by atoms with Gasteiger partial charge in [-0.15, -0.1) is 11.3 Å². The standard InChI is InChI=1S/C17H18BrNO5S.C2HF3O2/c1-3-23-12(20)9-24-14-13(18)15(25-16(14)17(21)22-2)11-6-4-10(8-19)5-7-11;3-2(4,5)1(6)7/h4-7H,3,8-9,19H2,1-2H3;(H,6,7). The molecule has 0 unspecified atom stereocenters. The van der Waals surface area contributed by atoms with Crippen LogP contribution < -0.4 is 10.5 Å². The number of benzene rings is 1. The van der Waals surface area contributed by atoms with Crippen LogP contribution in [-0.2, 0) is 25.6 Å². The number of aliphatic carboxylic acids is 1. The molecule has 13 heteroatoms. The van der Waals surface area contributed by atoms with Crippen molar-refractivity contribution < 1.29 is 46.9 Å². The van der Waals surface area contributed by atoms with Gasteiger partial charge in [0.1, 0.15) is 0 Å². The minimum atomic E-state index is -5.08. The van der Waals surface area contributed by atoms with E-state index < -0.39 is 24.1 Å². The van der Waals surface area contributed by atoms with Crippen LogP contribution in [0, 0.1) is 0 Å². The first-order valence-electron chi connectivity index (χ1n) is 8.74. The van der Waals surface area contributed by atoms with Gasteiger partial charge >= 0.3 is 24.1 Å². The zero-order chi connectivity index (χ0) is 24.5.